The molecular weight excluding hydrogens is 210 g/mol. The van der Waals surface area contributed by atoms with Crippen LogP contribution in [0.4, 0.5) is 5.82 Å². The van der Waals surface area contributed by atoms with Gasteiger partial charge in [0, 0.05) is 12.7 Å². The third-order valence-corrected chi connectivity index (χ3v) is 2.94. The van der Waals surface area contributed by atoms with Crippen molar-refractivity contribution in [3.8, 4) is 6.07 Å². The van der Waals surface area contributed by atoms with E-state index in [4.69, 9.17) is 5.26 Å². The van der Waals surface area contributed by atoms with Crippen LogP contribution in [-0.2, 0) is 0 Å². The predicted molar refractivity (Wildman–Crippen MR) is 70.7 cm³/mol. The highest BCUT2D eigenvalue weighted by Crippen LogP contribution is 2.17. The molecule has 0 N–H and O–H groups in total. The Morgan fingerprint density at radius 1 is 1.65 bits per heavy atom. The van der Waals surface area contributed by atoms with E-state index in [2.05, 4.69) is 31.5 Å². The minimum atomic E-state index is 0.589. The van der Waals surface area contributed by atoms with Gasteiger partial charge in [-0.2, -0.15) is 5.26 Å². The number of hydrogen-bond donors (Lipinski definition) is 0. The molecule has 1 aromatic heterocycles. The Labute approximate surface area is 103 Å². The van der Waals surface area contributed by atoms with Crippen molar-refractivity contribution >= 4 is 5.82 Å². The Hall–Kier alpha value is -1.82. The Kier molecular flexibility index (Phi) is 4.71. The van der Waals surface area contributed by atoms with Gasteiger partial charge in [0.05, 0.1) is 5.56 Å². The van der Waals surface area contributed by atoms with Crippen molar-refractivity contribution < 1.29 is 0 Å². The number of nitriles is 1. The van der Waals surface area contributed by atoms with Gasteiger partial charge in [0.2, 0.25) is 0 Å². The van der Waals surface area contributed by atoms with Crippen LogP contribution in [0.5, 0.6) is 0 Å². The molecule has 0 radical (unpaired) electrons. The third-order valence-electron chi connectivity index (χ3n) is 2.94. The van der Waals surface area contributed by atoms with Crippen LogP contribution in [0.1, 0.15) is 31.4 Å². The van der Waals surface area contributed by atoms with Gasteiger partial charge in [-0.05, 0) is 30.7 Å². The fourth-order valence-corrected chi connectivity index (χ4v) is 1.54. The molecule has 0 aliphatic heterocycles. The summed E-state index contributed by atoms with van der Waals surface area (Å²) in [5.41, 5.74) is 1.58. The quantitative estimate of drug-likeness (QED) is 0.778. The van der Waals surface area contributed by atoms with Crippen molar-refractivity contribution in [1.29, 1.82) is 5.26 Å². The van der Waals surface area contributed by atoms with Crippen molar-refractivity contribution in [2.24, 2.45) is 5.92 Å². The molecule has 0 saturated carbocycles. The topological polar surface area (TPSA) is 39.9 Å². The molecule has 17 heavy (non-hydrogen) atoms. The summed E-state index contributed by atoms with van der Waals surface area (Å²) >= 11 is 0. The Balaban J connectivity index is 2.93. The average molecular weight is 229 g/mol. The Bertz CT molecular complexity index is 432. The molecule has 0 bridgehead atoms. The second-order valence-electron chi connectivity index (χ2n) is 4.32. The first-order valence-corrected chi connectivity index (χ1v) is 5.88. The molecule has 0 spiro atoms. The van der Waals surface area contributed by atoms with Gasteiger partial charge in [-0.25, -0.2) is 4.98 Å². The number of anilines is 1. The molecule has 90 valence electrons. The maximum atomic E-state index is 8.86. The van der Waals surface area contributed by atoms with Crippen molar-refractivity contribution in [2.45, 2.75) is 27.2 Å². The monoisotopic (exact) mass is 229 g/mol. The largest absolute Gasteiger partial charge is 0.333 e. The van der Waals surface area contributed by atoms with Crippen LogP contribution in [0.3, 0.4) is 0 Å². The standard InChI is InChI=1S/C14H19N3/c1-5-11(3)10-17(6-2)14-7-12(4)13(8-15)9-16-14/h6-7,9,11H,2,5,10H2,1,3-4H3. The van der Waals surface area contributed by atoms with Crippen LogP contribution in [0.25, 0.3) is 0 Å². The summed E-state index contributed by atoms with van der Waals surface area (Å²) in [5, 5.41) is 8.86. The maximum Gasteiger partial charge on any atom is 0.132 e. The van der Waals surface area contributed by atoms with Gasteiger partial charge in [-0.3, -0.25) is 0 Å². The van der Waals surface area contributed by atoms with Gasteiger partial charge in [-0.1, -0.05) is 26.8 Å². The molecule has 1 heterocycles. The lowest BCUT2D eigenvalue weighted by atomic mass is 10.1. The minimum Gasteiger partial charge on any atom is -0.333 e. The van der Waals surface area contributed by atoms with Gasteiger partial charge >= 0.3 is 0 Å². The first-order chi connectivity index (χ1) is 8.12. The molecule has 0 fully saturated rings. The molecule has 1 rings (SSSR count). The molecule has 0 aromatic carbocycles. The minimum absolute atomic E-state index is 0.589. The van der Waals surface area contributed by atoms with Gasteiger partial charge in [0.15, 0.2) is 0 Å². The predicted octanol–water partition coefficient (Wildman–Crippen LogP) is 3.26. The van der Waals surface area contributed by atoms with Gasteiger partial charge in [-0.15, -0.1) is 0 Å². The summed E-state index contributed by atoms with van der Waals surface area (Å²) in [6, 6.07) is 4.06. The second kappa shape index (κ2) is 6.05. The molecule has 0 aliphatic carbocycles. The number of nitrogens with zero attached hydrogens (tertiary/aromatic N) is 3. The van der Waals surface area contributed by atoms with Crippen LogP contribution < -0.4 is 4.90 Å². The maximum absolute atomic E-state index is 8.86. The zero-order valence-electron chi connectivity index (χ0n) is 10.8. The van der Waals surface area contributed by atoms with Gasteiger partial charge in [0.1, 0.15) is 11.9 Å². The van der Waals surface area contributed by atoms with Crippen LogP contribution in [0, 0.1) is 24.2 Å². The van der Waals surface area contributed by atoms with E-state index in [-0.39, 0.29) is 0 Å². The molecule has 1 atom stereocenters. The molecule has 0 aliphatic rings. The molecule has 1 aromatic rings. The molecule has 0 amide bonds. The lowest BCUT2D eigenvalue weighted by Gasteiger charge is -2.22. The zero-order chi connectivity index (χ0) is 12.8. The Morgan fingerprint density at radius 2 is 2.35 bits per heavy atom. The first kappa shape index (κ1) is 13.2. The van der Waals surface area contributed by atoms with E-state index in [1.54, 1.807) is 12.4 Å². The number of aromatic nitrogens is 1. The summed E-state index contributed by atoms with van der Waals surface area (Å²) in [6.07, 6.45) is 4.54. The summed E-state index contributed by atoms with van der Waals surface area (Å²) < 4.78 is 0. The van der Waals surface area contributed by atoms with Gasteiger partial charge in [0.25, 0.3) is 0 Å². The van der Waals surface area contributed by atoms with E-state index in [9.17, 15) is 0 Å². The fourth-order valence-electron chi connectivity index (χ4n) is 1.54. The summed E-state index contributed by atoms with van der Waals surface area (Å²) in [6.45, 7) is 11.0. The van der Waals surface area contributed by atoms with E-state index in [1.165, 1.54) is 0 Å². The summed E-state index contributed by atoms with van der Waals surface area (Å²) in [5.74, 6) is 1.45. The van der Waals surface area contributed by atoms with E-state index in [0.29, 0.717) is 11.5 Å². The number of hydrogen-bond acceptors (Lipinski definition) is 3. The number of rotatable bonds is 5. The summed E-state index contributed by atoms with van der Waals surface area (Å²) in [7, 11) is 0. The van der Waals surface area contributed by atoms with Crippen LogP contribution >= 0.6 is 0 Å². The van der Waals surface area contributed by atoms with Crippen molar-refractivity contribution in [2.75, 3.05) is 11.4 Å². The van der Waals surface area contributed by atoms with Crippen molar-refractivity contribution in [1.82, 2.24) is 4.98 Å². The normalized spacial score (nSPS) is 11.6. The molecule has 0 saturated heterocycles. The smallest absolute Gasteiger partial charge is 0.132 e. The van der Waals surface area contributed by atoms with Crippen LogP contribution in [0.2, 0.25) is 0 Å². The summed E-state index contributed by atoms with van der Waals surface area (Å²) in [4.78, 5) is 6.33. The molecule has 1 unspecified atom stereocenters. The van der Waals surface area contributed by atoms with Crippen LogP contribution in [0.15, 0.2) is 25.0 Å². The number of pyridine rings is 1. The molecular formula is C14H19N3. The fraction of sp³-hybridized carbons (Fsp3) is 0.429. The molecule has 3 nitrogen and oxygen atoms in total. The first-order valence-electron chi connectivity index (χ1n) is 5.88. The zero-order valence-corrected chi connectivity index (χ0v) is 10.8. The van der Waals surface area contributed by atoms with E-state index >= 15 is 0 Å². The highest BCUT2D eigenvalue weighted by molar-refractivity contribution is 5.48. The van der Waals surface area contributed by atoms with Crippen molar-refractivity contribution in [3.63, 3.8) is 0 Å². The van der Waals surface area contributed by atoms with Crippen molar-refractivity contribution in [3.05, 3.63) is 36.2 Å². The lowest BCUT2D eigenvalue weighted by molar-refractivity contribution is 0.565. The molecule has 3 heteroatoms. The van der Waals surface area contributed by atoms with E-state index in [1.807, 2.05) is 17.9 Å². The Morgan fingerprint density at radius 3 is 2.82 bits per heavy atom. The van der Waals surface area contributed by atoms with E-state index < -0.39 is 0 Å². The highest BCUT2D eigenvalue weighted by Gasteiger charge is 2.09. The van der Waals surface area contributed by atoms with E-state index in [0.717, 1.165) is 24.3 Å². The second-order valence-corrected chi connectivity index (χ2v) is 4.32. The van der Waals surface area contributed by atoms with Crippen LogP contribution in [-0.4, -0.2) is 11.5 Å². The average Bonchev–Trinajstić information content (AvgIpc) is 2.35. The SMILES string of the molecule is C=CN(CC(C)CC)c1cc(C)c(C#N)cn1. The third kappa shape index (κ3) is 3.32. The highest BCUT2D eigenvalue weighted by atomic mass is 15.2. The number of aryl methyl sites for hydroxylation is 1. The van der Waals surface area contributed by atoms with Gasteiger partial charge < -0.3 is 4.90 Å². The lowest BCUT2D eigenvalue weighted by Crippen LogP contribution is -2.23.